The number of H-pyrrole nitrogens is 1. The van der Waals surface area contributed by atoms with E-state index in [1.165, 1.54) is 6.92 Å². The van der Waals surface area contributed by atoms with Gasteiger partial charge in [-0.1, -0.05) is 6.07 Å². The second-order valence-corrected chi connectivity index (χ2v) is 4.70. The number of nitrogens with one attached hydrogen (secondary N) is 1. The van der Waals surface area contributed by atoms with Crippen molar-refractivity contribution in [3.63, 3.8) is 0 Å². The average molecular weight is 259 g/mol. The molecular formula is C14H17N3O2. The second-order valence-electron chi connectivity index (χ2n) is 4.70. The fraction of sp³-hybridized carbons (Fsp3) is 0.357. The molecule has 0 saturated heterocycles. The Morgan fingerprint density at radius 1 is 1.37 bits per heavy atom. The number of carbonyl (C=O) groups is 2. The van der Waals surface area contributed by atoms with E-state index in [4.69, 9.17) is 0 Å². The molecule has 5 heteroatoms. The number of rotatable bonds is 5. The predicted octanol–water partition coefficient (Wildman–Crippen LogP) is 1.54. The maximum absolute atomic E-state index is 11.6. The Labute approximate surface area is 111 Å². The summed E-state index contributed by atoms with van der Waals surface area (Å²) >= 11 is 0. The van der Waals surface area contributed by atoms with E-state index in [9.17, 15) is 9.59 Å². The van der Waals surface area contributed by atoms with Crippen LogP contribution in [0.2, 0.25) is 0 Å². The monoisotopic (exact) mass is 259 g/mol. The van der Waals surface area contributed by atoms with E-state index in [2.05, 4.69) is 9.97 Å². The molecule has 0 atom stereocenters. The van der Waals surface area contributed by atoms with E-state index in [-0.39, 0.29) is 18.1 Å². The molecule has 1 heterocycles. The molecule has 0 saturated carbocycles. The van der Waals surface area contributed by atoms with Gasteiger partial charge < -0.3 is 9.88 Å². The summed E-state index contributed by atoms with van der Waals surface area (Å²) in [5, 5.41) is 0. The smallest absolute Gasteiger partial charge is 0.229 e. The van der Waals surface area contributed by atoms with Crippen LogP contribution in [0.5, 0.6) is 0 Å². The van der Waals surface area contributed by atoms with Gasteiger partial charge in [0.15, 0.2) is 0 Å². The molecule has 0 fully saturated rings. The number of hydrogen-bond donors (Lipinski definition) is 1. The third kappa shape index (κ3) is 3.40. The zero-order chi connectivity index (χ0) is 13.8. The van der Waals surface area contributed by atoms with Crippen LogP contribution in [0.25, 0.3) is 11.0 Å². The van der Waals surface area contributed by atoms with Crippen molar-refractivity contribution in [3.05, 3.63) is 30.1 Å². The number of fused-ring (bicyclic) bond motifs is 1. The third-order valence-electron chi connectivity index (χ3n) is 3.05. The van der Waals surface area contributed by atoms with Gasteiger partial charge in [0, 0.05) is 13.6 Å². The number of Topliss-reactive ketones (excluding diaryl/α,β-unsaturated/α-hetero) is 1. The highest BCUT2D eigenvalue weighted by Crippen LogP contribution is 2.12. The van der Waals surface area contributed by atoms with Gasteiger partial charge in [-0.15, -0.1) is 0 Å². The van der Waals surface area contributed by atoms with Crippen molar-refractivity contribution in [1.82, 2.24) is 14.9 Å². The molecule has 0 spiro atoms. The molecule has 0 unspecified atom stereocenters. The van der Waals surface area contributed by atoms with Crippen LogP contribution in [-0.4, -0.2) is 40.2 Å². The number of carbonyl (C=O) groups excluding carboxylic acids is 2. The van der Waals surface area contributed by atoms with Crippen LogP contribution < -0.4 is 0 Å². The molecule has 1 N–H and O–H groups in total. The summed E-state index contributed by atoms with van der Waals surface area (Å²) < 4.78 is 0. The Balaban J connectivity index is 1.94. The standard InChI is InChI=1S/C14H17N3O2/c1-10(18)7-14(19)17(2)6-5-11-3-4-12-13(8-11)16-9-15-12/h3-4,8-9H,5-7H2,1-2H3,(H,15,16). The van der Waals surface area contributed by atoms with Crippen LogP contribution in [0.4, 0.5) is 0 Å². The number of benzene rings is 1. The van der Waals surface area contributed by atoms with E-state index >= 15 is 0 Å². The van der Waals surface area contributed by atoms with Gasteiger partial charge in [0.25, 0.3) is 0 Å². The molecule has 100 valence electrons. The van der Waals surface area contributed by atoms with Crippen molar-refractivity contribution in [2.24, 2.45) is 0 Å². The molecule has 19 heavy (non-hydrogen) atoms. The SMILES string of the molecule is CC(=O)CC(=O)N(C)CCc1ccc2nc[nH]c2c1. The molecule has 0 aliphatic heterocycles. The van der Waals surface area contributed by atoms with Crippen molar-refractivity contribution in [2.45, 2.75) is 19.8 Å². The van der Waals surface area contributed by atoms with Crippen molar-refractivity contribution in [2.75, 3.05) is 13.6 Å². The van der Waals surface area contributed by atoms with Gasteiger partial charge in [-0.3, -0.25) is 9.59 Å². The molecule has 0 aliphatic rings. The third-order valence-corrected chi connectivity index (χ3v) is 3.05. The fourth-order valence-corrected chi connectivity index (χ4v) is 1.91. The van der Waals surface area contributed by atoms with Crippen LogP contribution in [0, 0.1) is 0 Å². The topological polar surface area (TPSA) is 66.1 Å². The van der Waals surface area contributed by atoms with Gasteiger partial charge in [-0.2, -0.15) is 0 Å². The summed E-state index contributed by atoms with van der Waals surface area (Å²) in [4.78, 5) is 31.3. The molecule has 2 aromatic rings. The Hall–Kier alpha value is -2.17. The minimum absolute atomic E-state index is 0.0178. The zero-order valence-corrected chi connectivity index (χ0v) is 11.1. The summed E-state index contributed by atoms with van der Waals surface area (Å²) in [6.07, 6.45) is 2.40. The Bertz CT molecular complexity index is 604. The Morgan fingerprint density at radius 2 is 2.16 bits per heavy atom. The van der Waals surface area contributed by atoms with Crippen LogP contribution >= 0.6 is 0 Å². The molecule has 1 amide bonds. The van der Waals surface area contributed by atoms with E-state index in [1.807, 2.05) is 18.2 Å². The van der Waals surface area contributed by atoms with Crippen LogP contribution in [0.1, 0.15) is 18.9 Å². The highest BCUT2D eigenvalue weighted by Gasteiger charge is 2.10. The zero-order valence-electron chi connectivity index (χ0n) is 11.1. The predicted molar refractivity (Wildman–Crippen MR) is 72.7 cm³/mol. The summed E-state index contributed by atoms with van der Waals surface area (Å²) in [5.41, 5.74) is 3.07. The van der Waals surface area contributed by atoms with Gasteiger partial charge in [-0.05, 0) is 31.0 Å². The maximum Gasteiger partial charge on any atom is 0.229 e. The van der Waals surface area contributed by atoms with Crippen molar-refractivity contribution >= 4 is 22.7 Å². The van der Waals surface area contributed by atoms with Gasteiger partial charge in [0.1, 0.15) is 5.78 Å². The minimum atomic E-state index is -0.130. The number of imidazole rings is 1. The first-order valence-electron chi connectivity index (χ1n) is 6.21. The number of nitrogens with zero attached hydrogens (tertiary/aromatic N) is 2. The fourth-order valence-electron chi connectivity index (χ4n) is 1.91. The molecule has 1 aromatic carbocycles. The second kappa shape index (κ2) is 5.65. The summed E-state index contributed by atoms with van der Waals surface area (Å²) in [6.45, 7) is 2.03. The molecule has 5 nitrogen and oxygen atoms in total. The number of amides is 1. The molecule has 0 aliphatic carbocycles. The number of ketones is 1. The average Bonchev–Trinajstić information content (AvgIpc) is 2.82. The van der Waals surface area contributed by atoms with E-state index in [0.29, 0.717) is 6.54 Å². The lowest BCUT2D eigenvalue weighted by atomic mass is 10.1. The van der Waals surface area contributed by atoms with Crippen molar-refractivity contribution < 1.29 is 9.59 Å². The normalized spacial score (nSPS) is 10.6. The molecule has 1 aromatic heterocycles. The molecular weight excluding hydrogens is 242 g/mol. The molecule has 2 rings (SSSR count). The lowest BCUT2D eigenvalue weighted by Gasteiger charge is -2.16. The van der Waals surface area contributed by atoms with Crippen molar-refractivity contribution in [3.8, 4) is 0 Å². The highest BCUT2D eigenvalue weighted by atomic mass is 16.2. The van der Waals surface area contributed by atoms with Crippen LogP contribution in [-0.2, 0) is 16.0 Å². The van der Waals surface area contributed by atoms with Gasteiger partial charge in [0.2, 0.25) is 5.91 Å². The van der Waals surface area contributed by atoms with E-state index < -0.39 is 0 Å². The van der Waals surface area contributed by atoms with Gasteiger partial charge >= 0.3 is 0 Å². The van der Waals surface area contributed by atoms with Gasteiger partial charge in [0.05, 0.1) is 23.8 Å². The first-order valence-corrected chi connectivity index (χ1v) is 6.21. The number of likely N-dealkylation sites (N-methyl/N-ethyl adjacent to an activating group) is 1. The lowest BCUT2D eigenvalue weighted by Crippen LogP contribution is -2.30. The Morgan fingerprint density at radius 3 is 2.89 bits per heavy atom. The summed E-state index contributed by atoms with van der Waals surface area (Å²) in [7, 11) is 1.72. The maximum atomic E-state index is 11.6. The van der Waals surface area contributed by atoms with Crippen LogP contribution in [0.3, 0.4) is 0 Å². The first kappa shape index (κ1) is 13.3. The number of aromatic nitrogens is 2. The first-order chi connectivity index (χ1) is 9.06. The minimum Gasteiger partial charge on any atom is -0.345 e. The van der Waals surface area contributed by atoms with E-state index in [0.717, 1.165) is 23.0 Å². The van der Waals surface area contributed by atoms with Gasteiger partial charge in [-0.25, -0.2) is 4.98 Å². The molecule has 0 bridgehead atoms. The number of hydrogen-bond acceptors (Lipinski definition) is 3. The quantitative estimate of drug-likeness (QED) is 0.828. The van der Waals surface area contributed by atoms with E-state index in [1.54, 1.807) is 18.3 Å². The summed E-state index contributed by atoms with van der Waals surface area (Å²) in [5.74, 6) is -0.231. The van der Waals surface area contributed by atoms with Crippen molar-refractivity contribution in [1.29, 1.82) is 0 Å². The highest BCUT2D eigenvalue weighted by molar-refractivity contribution is 5.96. The molecule has 0 radical (unpaired) electrons. The van der Waals surface area contributed by atoms with Crippen LogP contribution in [0.15, 0.2) is 24.5 Å². The number of aromatic amines is 1. The Kier molecular flexibility index (Phi) is 3.94. The largest absolute Gasteiger partial charge is 0.345 e. The summed E-state index contributed by atoms with van der Waals surface area (Å²) in [6, 6.07) is 6.00. The lowest BCUT2D eigenvalue weighted by molar-refractivity contribution is -0.133.